The van der Waals surface area contributed by atoms with Crippen molar-refractivity contribution >= 4 is 15.9 Å². The highest BCUT2D eigenvalue weighted by molar-refractivity contribution is 9.09. The van der Waals surface area contributed by atoms with Gasteiger partial charge in [-0.2, -0.15) is 0 Å². The molecule has 0 saturated carbocycles. The normalized spacial score (nSPS) is 30.1. The van der Waals surface area contributed by atoms with Crippen LogP contribution in [0, 0.1) is 0 Å². The highest BCUT2D eigenvalue weighted by Gasteiger charge is 2.30. The van der Waals surface area contributed by atoms with E-state index in [-0.39, 0.29) is 5.60 Å². The lowest BCUT2D eigenvalue weighted by molar-refractivity contribution is -0.0648. The summed E-state index contributed by atoms with van der Waals surface area (Å²) in [6, 6.07) is 0. The first kappa shape index (κ1) is 10.3. The van der Waals surface area contributed by atoms with Crippen molar-refractivity contribution in [2.45, 2.75) is 37.7 Å². The second-order valence-corrected chi connectivity index (χ2v) is 4.01. The lowest BCUT2D eigenvalue weighted by Gasteiger charge is -2.35. The summed E-state index contributed by atoms with van der Waals surface area (Å²) in [5.74, 6) is 0. The van der Waals surface area contributed by atoms with Crippen molar-refractivity contribution in [2.75, 3.05) is 11.9 Å². The Balaban J connectivity index is 2.41. The third-order valence-corrected chi connectivity index (χ3v) is 3.50. The van der Waals surface area contributed by atoms with Crippen LogP contribution in [0.25, 0.3) is 0 Å². The molecule has 1 heterocycles. The van der Waals surface area contributed by atoms with Gasteiger partial charge < -0.3 is 4.74 Å². The maximum Gasteiger partial charge on any atom is 0.0781 e. The molecule has 0 spiro atoms. The Kier molecular flexibility index (Phi) is 4.30. The number of hydrogen-bond donors (Lipinski definition) is 0. The monoisotopic (exact) mass is 232 g/mol. The van der Waals surface area contributed by atoms with E-state index in [4.69, 9.17) is 4.74 Å². The molecule has 1 rings (SSSR count). The van der Waals surface area contributed by atoms with E-state index < -0.39 is 0 Å². The predicted octanol–water partition coefficient (Wildman–Crippen LogP) is 3.29. The highest BCUT2D eigenvalue weighted by Crippen LogP contribution is 2.31. The quantitative estimate of drug-likeness (QED) is 0.534. The van der Waals surface area contributed by atoms with E-state index >= 15 is 0 Å². The molecule has 1 saturated heterocycles. The van der Waals surface area contributed by atoms with Gasteiger partial charge in [0, 0.05) is 11.9 Å². The summed E-state index contributed by atoms with van der Waals surface area (Å²) in [4.78, 5) is 0. The summed E-state index contributed by atoms with van der Waals surface area (Å²) in [6.07, 6.45) is 7.88. The number of ether oxygens (including phenoxy) is 1. The van der Waals surface area contributed by atoms with Crippen LogP contribution in [0.2, 0.25) is 0 Å². The minimum atomic E-state index is 0.117. The van der Waals surface area contributed by atoms with Gasteiger partial charge >= 0.3 is 0 Å². The van der Waals surface area contributed by atoms with Crippen LogP contribution in [0.5, 0.6) is 0 Å². The van der Waals surface area contributed by atoms with Crippen LogP contribution in [0.3, 0.4) is 0 Å². The predicted molar refractivity (Wildman–Crippen MR) is 55.8 cm³/mol. The van der Waals surface area contributed by atoms with Crippen LogP contribution in [0.1, 0.15) is 32.1 Å². The Bertz CT molecular complexity index is 139. The van der Waals surface area contributed by atoms with E-state index in [0.717, 1.165) is 24.8 Å². The Labute approximate surface area is 83.3 Å². The fraction of sp³-hybridized carbons (Fsp3) is 0.800. The zero-order chi connectivity index (χ0) is 8.86. The van der Waals surface area contributed by atoms with Gasteiger partial charge in [-0.05, 0) is 32.1 Å². The molecular weight excluding hydrogens is 216 g/mol. The highest BCUT2D eigenvalue weighted by atomic mass is 79.9. The first-order chi connectivity index (χ1) is 5.83. The molecule has 0 amide bonds. The molecule has 1 fully saturated rings. The van der Waals surface area contributed by atoms with Crippen molar-refractivity contribution in [3.05, 3.63) is 12.7 Å². The molecule has 0 aromatic heterocycles. The average Bonchev–Trinajstić information content (AvgIpc) is 2.16. The summed E-state index contributed by atoms with van der Waals surface area (Å²) in [7, 11) is 0. The fourth-order valence-corrected chi connectivity index (χ4v) is 2.37. The van der Waals surface area contributed by atoms with Gasteiger partial charge in [-0.3, -0.25) is 0 Å². The zero-order valence-electron chi connectivity index (χ0n) is 7.52. The molecule has 0 aromatic rings. The lowest BCUT2D eigenvalue weighted by atomic mass is 9.91. The second kappa shape index (κ2) is 5.03. The molecule has 1 aliphatic heterocycles. The van der Waals surface area contributed by atoms with Gasteiger partial charge in [0.2, 0.25) is 0 Å². The van der Waals surface area contributed by atoms with Gasteiger partial charge in [-0.1, -0.05) is 22.0 Å². The summed E-state index contributed by atoms with van der Waals surface area (Å²) in [5.41, 5.74) is 0.117. The third kappa shape index (κ3) is 2.60. The number of hydrogen-bond acceptors (Lipinski definition) is 1. The second-order valence-electron chi connectivity index (χ2n) is 3.45. The van der Waals surface area contributed by atoms with Crippen LogP contribution < -0.4 is 0 Å². The fourth-order valence-electron chi connectivity index (χ4n) is 1.64. The van der Waals surface area contributed by atoms with E-state index in [1.54, 1.807) is 0 Å². The molecule has 0 radical (unpaired) electrons. The number of halogens is 1. The Morgan fingerprint density at radius 3 is 2.83 bits per heavy atom. The molecule has 1 nitrogen and oxygen atoms in total. The summed E-state index contributed by atoms with van der Waals surface area (Å²) < 4.78 is 5.82. The molecule has 0 aromatic carbocycles. The van der Waals surface area contributed by atoms with Crippen molar-refractivity contribution in [3.63, 3.8) is 0 Å². The van der Waals surface area contributed by atoms with E-state index in [2.05, 4.69) is 22.5 Å². The average molecular weight is 233 g/mol. The molecule has 0 aliphatic carbocycles. The van der Waals surface area contributed by atoms with E-state index in [0.29, 0.717) is 0 Å². The van der Waals surface area contributed by atoms with Crippen LogP contribution in [-0.2, 0) is 4.74 Å². The number of allylic oxidation sites excluding steroid dienone is 1. The maximum absolute atomic E-state index is 5.82. The van der Waals surface area contributed by atoms with E-state index in [1.807, 2.05) is 6.08 Å². The largest absolute Gasteiger partial charge is 0.374 e. The summed E-state index contributed by atoms with van der Waals surface area (Å²) in [5, 5.41) is 0.966. The molecule has 1 unspecified atom stereocenters. The van der Waals surface area contributed by atoms with Gasteiger partial charge in [0.15, 0.2) is 0 Å². The zero-order valence-corrected chi connectivity index (χ0v) is 9.11. The molecule has 2 heteroatoms. The van der Waals surface area contributed by atoms with Gasteiger partial charge in [-0.15, -0.1) is 6.58 Å². The molecule has 1 atom stereocenters. The van der Waals surface area contributed by atoms with Gasteiger partial charge in [0.1, 0.15) is 0 Å². The maximum atomic E-state index is 5.82. The standard InChI is InChI=1S/C10H17BrO/c1-2-3-6-10(9-11)7-4-5-8-12-10/h2H,1,3-9H2. The van der Waals surface area contributed by atoms with E-state index in [9.17, 15) is 0 Å². The van der Waals surface area contributed by atoms with Crippen molar-refractivity contribution in [1.82, 2.24) is 0 Å². The number of rotatable bonds is 4. The molecule has 12 heavy (non-hydrogen) atoms. The lowest BCUT2D eigenvalue weighted by Crippen LogP contribution is -2.37. The molecule has 0 N–H and O–H groups in total. The van der Waals surface area contributed by atoms with Gasteiger partial charge in [0.25, 0.3) is 0 Å². The van der Waals surface area contributed by atoms with Crippen molar-refractivity contribution in [1.29, 1.82) is 0 Å². The van der Waals surface area contributed by atoms with Crippen LogP contribution in [0.4, 0.5) is 0 Å². The van der Waals surface area contributed by atoms with Crippen molar-refractivity contribution in [3.8, 4) is 0 Å². The Morgan fingerprint density at radius 1 is 1.50 bits per heavy atom. The molecule has 0 bridgehead atoms. The Morgan fingerprint density at radius 2 is 2.33 bits per heavy atom. The number of alkyl halides is 1. The summed E-state index contributed by atoms with van der Waals surface area (Å²) >= 11 is 3.54. The summed E-state index contributed by atoms with van der Waals surface area (Å²) in [6.45, 7) is 4.67. The molecule has 1 aliphatic rings. The molecule has 70 valence electrons. The van der Waals surface area contributed by atoms with Crippen LogP contribution in [-0.4, -0.2) is 17.5 Å². The van der Waals surface area contributed by atoms with Gasteiger partial charge in [0.05, 0.1) is 5.60 Å². The van der Waals surface area contributed by atoms with Gasteiger partial charge in [-0.25, -0.2) is 0 Å². The SMILES string of the molecule is C=CCCC1(CBr)CCCCO1. The topological polar surface area (TPSA) is 9.23 Å². The van der Waals surface area contributed by atoms with E-state index in [1.165, 1.54) is 19.3 Å². The third-order valence-electron chi connectivity index (χ3n) is 2.48. The van der Waals surface area contributed by atoms with Crippen LogP contribution >= 0.6 is 15.9 Å². The van der Waals surface area contributed by atoms with Crippen molar-refractivity contribution < 1.29 is 4.74 Å². The van der Waals surface area contributed by atoms with Crippen LogP contribution in [0.15, 0.2) is 12.7 Å². The molecular formula is C10H17BrO. The first-order valence-corrected chi connectivity index (χ1v) is 5.76. The minimum Gasteiger partial charge on any atom is -0.374 e. The Hall–Kier alpha value is 0.180. The first-order valence-electron chi connectivity index (χ1n) is 4.64. The minimum absolute atomic E-state index is 0.117. The smallest absolute Gasteiger partial charge is 0.0781 e. The van der Waals surface area contributed by atoms with Crippen molar-refractivity contribution in [2.24, 2.45) is 0 Å².